The van der Waals surface area contributed by atoms with E-state index >= 15 is 0 Å². The number of benzene rings is 1. The van der Waals surface area contributed by atoms with Gasteiger partial charge < -0.3 is 10.2 Å². The summed E-state index contributed by atoms with van der Waals surface area (Å²) in [6, 6.07) is 10.2. The summed E-state index contributed by atoms with van der Waals surface area (Å²) in [4.78, 5) is 14.0. The topological polar surface area (TPSA) is 32.3 Å². The molecule has 1 amide bonds. The Hall–Kier alpha value is -0.880. The molecule has 0 aliphatic rings. The molecule has 1 N–H and O–H groups in total. The predicted octanol–water partition coefficient (Wildman–Crippen LogP) is 4.70. The second kappa shape index (κ2) is 9.42. The normalized spacial score (nSPS) is 10.5. The van der Waals surface area contributed by atoms with Crippen LogP contribution in [0.15, 0.2) is 39.5 Å². The minimum Gasteiger partial charge on any atom is -0.339 e. The minimum absolute atomic E-state index is 0. The molecule has 0 unspecified atom stereocenters. The van der Waals surface area contributed by atoms with Gasteiger partial charge in [-0.05, 0) is 64.5 Å². The molecule has 2 aromatic rings. The zero-order valence-corrected chi connectivity index (χ0v) is 16.7. The van der Waals surface area contributed by atoms with Crippen LogP contribution in [0, 0.1) is 0 Å². The maximum atomic E-state index is 12.2. The first-order chi connectivity index (χ1) is 10.5. The van der Waals surface area contributed by atoms with E-state index in [2.05, 4.69) is 32.7 Å². The minimum atomic E-state index is 0. The zero-order chi connectivity index (χ0) is 16.1. The van der Waals surface area contributed by atoms with Gasteiger partial charge in [-0.1, -0.05) is 12.1 Å². The highest BCUT2D eigenvalue weighted by molar-refractivity contribution is 9.11. The fraction of sp³-hybridized carbons (Fsp3) is 0.353. The molecular weight excluding hydrogens is 396 g/mol. The van der Waals surface area contributed by atoms with Crippen LogP contribution >= 0.6 is 39.7 Å². The average molecular weight is 418 g/mol. The van der Waals surface area contributed by atoms with Crippen LogP contribution < -0.4 is 5.32 Å². The summed E-state index contributed by atoms with van der Waals surface area (Å²) in [5.41, 5.74) is 3.20. The van der Waals surface area contributed by atoms with Gasteiger partial charge in [-0.15, -0.1) is 23.7 Å². The van der Waals surface area contributed by atoms with Gasteiger partial charge >= 0.3 is 0 Å². The number of carbonyl (C=O) groups excluding carboxylic acids is 1. The molecule has 0 saturated carbocycles. The first-order valence-corrected chi connectivity index (χ1v) is 8.94. The van der Waals surface area contributed by atoms with Gasteiger partial charge in [0.15, 0.2) is 0 Å². The Kier molecular flexibility index (Phi) is 8.26. The van der Waals surface area contributed by atoms with E-state index in [0.29, 0.717) is 0 Å². The van der Waals surface area contributed by atoms with E-state index in [-0.39, 0.29) is 24.4 Å². The van der Waals surface area contributed by atoms with E-state index < -0.39 is 0 Å². The molecule has 1 aromatic carbocycles. The van der Waals surface area contributed by atoms with Crippen molar-refractivity contribution in [3.8, 4) is 0 Å². The largest absolute Gasteiger partial charge is 0.339 e. The van der Waals surface area contributed by atoms with Crippen LogP contribution in [-0.4, -0.2) is 23.9 Å². The summed E-state index contributed by atoms with van der Waals surface area (Å²) in [7, 11) is 1.83. The number of amides is 1. The van der Waals surface area contributed by atoms with Gasteiger partial charge in [0.1, 0.15) is 0 Å². The Labute approximate surface area is 156 Å². The Morgan fingerprint density at radius 1 is 1.22 bits per heavy atom. The van der Waals surface area contributed by atoms with E-state index in [1.165, 1.54) is 11.1 Å². The van der Waals surface area contributed by atoms with Crippen molar-refractivity contribution in [1.82, 2.24) is 10.2 Å². The van der Waals surface area contributed by atoms with E-state index in [1.54, 1.807) is 16.2 Å². The van der Waals surface area contributed by atoms with E-state index in [1.807, 2.05) is 45.2 Å². The van der Waals surface area contributed by atoms with Gasteiger partial charge in [-0.25, -0.2) is 0 Å². The van der Waals surface area contributed by atoms with E-state index in [0.717, 1.165) is 22.4 Å². The van der Waals surface area contributed by atoms with Crippen molar-refractivity contribution in [1.29, 1.82) is 0 Å². The molecule has 0 bridgehead atoms. The molecular formula is C17H22BrClN2OS. The SMILES string of the molecule is CC(C)N(C)C(=O)c1ccc(CNCc2csc(Br)c2)cc1.Cl. The molecule has 0 fully saturated rings. The summed E-state index contributed by atoms with van der Waals surface area (Å²) in [6.45, 7) is 5.67. The molecule has 3 nitrogen and oxygen atoms in total. The smallest absolute Gasteiger partial charge is 0.253 e. The molecule has 0 radical (unpaired) electrons. The summed E-state index contributed by atoms with van der Waals surface area (Å²) in [6.07, 6.45) is 0. The second-order valence-corrected chi connectivity index (χ2v) is 7.86. The lowest BCUT2D eigenvalue weighted by atomic mass is 10.1. The lowest BCUT2D eigenvalue weighted by Gasteiger charge is -2.21. The van der Waals surface area contributed by atoms with Gasteiger partial charge in [-0.2, -0.15) is 0 Å². The van der Waals surface area contributed by atoms with Crippen LogP contribution in [0.2, 0.25) is 0 Å². The van der Waals surface area contributed by atoms with Gasteiger partial charge in [0, 0.05) is 31.7 Å². The van der Waals surface area contributed by atoms with Crippen molar-refractivity contribution in [2.75, 3.05) is 7.05 Å². The van der Waals surface area contributed by atoms with Gasteiger partial charge in [0.2, 0.25) is 0 Å². The number of hydrogen-bond donors (Lipinski definition) is 1. The number of rotatable bonds is 6. The van der Waals surface area contributed by atoms with Crippen molar-refractivity contribution >= 4 is 45.6 Å². The third-order valence-electron chi connectivity index (χ3n) is 3.58. The van der Waals surface area contributed by atoms with Crippen molar-refractivity contribution in [3.05, 3.63) is 56.2 Å². The predicted molar refractivity (Wildman–Crippen MR) is 103 cm³/mol. The van der Waals surface area contributed by atoms with Crippen LogP contribution in [0.4, 0.5) is 0 Å². The molecule has 6 heteroatoms. The summed E-state index contributed by atoms with van der Waals surface area (Å²) in [5, 5.41) is 5.55. The molecule has 0 spiro atoms. The van der Waals surface area contributed by atoms with Crippen LogP contribution in [-0.2, 0) is 13.1 Å². The Bertz CT molecular complexity index is 628. The first-order valence-electron chi connectivity index (χ1n) is 7.27. The Morgan fingerprint density at radius 3 is 2.35 bits per heavy atom. The number of carbonyl (C=O) groups is 1. The number of hydrogen-bond acceptors (Lipinski definition) is 3. The highest BCUT2D eigenvalue weighted by Gasteiger charge is 2.13. The second-order valence-electron chi connectivity index (χ2n) is 5.57. The van der Waals surface area contributed by atoms with Gasteiger partial charge in [0.25, 0.3) is 5.91 Å². The molecule has 23 heavy (non-hydrogen) atoms. The summed E-state index contributed by atoms with van der Waals surface area (Å²) < 4.78 is 1.15. The highest BCUT2D eigenvalue weighted by Crippen LogP contribution is 2.20. The standard InChI is InChI=1S/C17H21BrN2OS.ClH/c1-12(2)20(3)17(21)15-6-4-13(5-7-15)9-19-10-14-8-16(18)22-11-14;/h4-8,11-12,19H,9-10H2,1-3H3;1H. The average Bonchev–Trinajstić information content (AvgIpc) is 2.92. The Morgan fingerprint density at radius 2 is 1.83 bits per heavy atom. The molecule has 0 atom stereocenters. The monoisotopic (exact) mass is 416 g/mol. The van der Waals surface area contributed by atoms with E-state index in [9.17, 15) is 4.79 Å². The summed E-state index contributed by atoms with van der Waals surface area (Å²) >= 11 is 5.16. The fourth-order valence-electron chi connectivity index (χ4n) is 1.99. The maximum absolute atomic E-state index is 12.2. The molecule has 126 valence electrons. The molecule has 1 aromatic heterocycles. The number of nitrogens with one attached hydrogen (secondary N) is 1. The summed E-state index contributed by atoms with van der Waals surface area (Å²) in [5.74, 6) is 0.0673. The quantitative estimate of drug-likeness (QED) is 0.738. The number of thiophene rings is 1. The van der Waals surface area contributed by atoms with Crippen LogP contribution in [0.25, 0.3) is 0 Å². The zero-order valence-electron chi connectivity index (χ0n) is 13.5. The number of halogens is 2. The van der Waals surface area contributed by atoms with Gasteiger partial charge in [-0.3, -0.25) is 4.79 Å². The van der Waals surface area contributed by atoms with Crippen molar-refractivity contribution < 1.29 is 4.79 Å². The first kappa shape index (κ1) is 20.2. The number of nitrogens with zero attached hydrogens (tertiary/aromatic N) is 1. The fourth-order valence-corrected chi connectivity index (χ4v) is 3.20. The molecule has 0 saturated heterocycles. The van der Waals surface area contributed by atoms with Crippen LogP contribution in [0.3, 0.4) is 0 Å². The van der Waals surface area contributed by atoms with Crippen molar-refractivity contribution in [2.24, 2.45) is 0 Å². The van der Waals surface area contributed by atoms with Crippen LogP contribution in [0.1, 0.15) is 35.3 Å². The molecule has 0 aliphatic carbocycles. The third kappa shape index (κ3) is 5.92. The maximum Gasteiger partial charge on any atom is 0.253 e. The molecule has 2 rings (SSSR count). The highest BCUT2D eigenvalue weighted by atomic mass is 79.9. The molecule has 0 aliphatic heterocycles. The Balaban J connectivity index is 0.00000264. The van der Waals surface area contributed by atoms with Crippen molar-refractivity contribution in [3.63, 3.8) is 0 Å². The lowest BCUT2D eigenvalue weighted by Crippen LogP contribution is -2.32. The lowest BCUT2D eigenvalue weighted by molar-refractivity contribution is 0.0755. The van der Waals surface area contributed by atoms with Crippen molar-refractivity contribution in [2.45, 2.75) is 33.0 Å². The van der Waals surface area contributed by atoms with Gasteiger partial charge in [0.05, 0.1) is 3.79 Å². The van der Waals surface area contributed by atoms with E-state index in [4.69, 9.17) is 0 Å². The van der Waals surface area contributed by atoms with Crippen LogP contribution in [0.5, 0.6) is 0 Å². The third-order valence-corrected chi connectivity index (χ3v) is 5.13. The molecule has 1 heterocycles.